The Balaban J connectivity index is 1.46. The first-order chi connectivity index (χ1) is 16.9. The summed E-state index contributed by atoms with van der Waals surface area (Å²) in [6, 6.07) is 22.5. The Morgan fingerprint density at radius 1 is 1.00 bits per heavy atom. The summed E-state index contributed by atoms with van der Waals surface area (Å²) in [4.78, 5) is 17.1. The fraction of sp³-hybridized carbons (Fsp3) is 0.308. The minimum absolute atomic E-state index is 0.137. The summed E-state index contributed by atoms with van der Waals surface area (Å²) in [6.07, 6.45) is 2.79. The number of piperidine rings is 1. The maximum atomic E-state index is 13.0. The maximum Gasteiger partial charge on any atom is 0.279 e. The monoisotopic (exact) mass is 494 g/mol. The molecular weight excluding hydrogens is 464 g/mol. The molecule has 9 heteroatoms. The lowest BCUT2D eigenvalue weighted by molar-refractivity contribution is 0.0929. The van der Waals surface area contributed by atoms with Gasteiger partial charge in [-0.3, -0.25) is 9.78 Å². The molecule has 2 N–H and O–H groups in total. The smallest absolute Gasteiger partial charge is 0.279 e. The fourth-order valence-corrected chi connectivity index (χ4v) is 5.63. The Labute approximate surface area is 206 Å². The molecule has 1 fully saturated rings. The number of para-hydroxylation sites is 1. The second kappa shape index (κ2) is 11.0. The molecule has 0 atom stereocenters. The topological polar surface area (TPSA) is 101 Å². The van der Waals surface area contributed by atoms with Crippen LogP contribution in [0.2, 0.25) is 0 Å². The molecule has 1 amide bonds. The molecule has 0 spiro atoms. The van der Waals surface area contributed by atoms with E-state index < -0.39 is 10.2 Å². The van der Waals surface area contributed by atoms with Crippen LogP contribution in [0.3, 0.4) is 0 Å². The van der Waals surface area contributed by atoms with Crippen LogP contribution < -0.4 is 14.8 Å². The van der Waals surface area contributed by atoms with E-state index in [1.807, 2.05) is 42.5 Å². The van der Waals surface area contributed by atoms with Crippen molar-refractivity contribution >= 4 is 16.1 Å². The van der Waals surface area contributed by atoms with Crippen molar-refractivity contribution in [1.82, 2.24) is 19.3 Å². The van der Waals surface area contributed by atoms with Gasteiger partial charge in [0.1, 0.15) is 5.75 Å². The van der Waals surface area contributed by atoms with Crippen LogP contribution in [0.4, 0.5) is 0 Å². The summed E-state index contributed by atoms with van der Waals surface area (Å²) in [5.41, 5.74) is 1.83. The second-order valence-electron chi connectivity index (χ2n) is 8.58. The maximum absolute atomic E-state index is 13.0. The zero-order chi connectivity index (χ0) is 24.7. The van der Waals surface area contributed by atoms with Crippen LogP contribution in [-0.2, 0) is 22.2 Å². The first kappa shape index (κ1) is 24.8. The van der Waals surface area contributed by atoms with Crippen molar-refractivity contribution in [3.05, 3.63) is 95.8 Å². The molecule has 4 rings (SSSR count). The molecule has 1 aliphatic heterocycles. The van der Waals surface area contributed by atoms with Gasteiger partial charge in [-0.25, -0.2) is 0 Å². The molecule has 2 heterocycles. The average molecular weight is 495 g/mol. The summed E-state index contributed by atoms with van der Waals surface area (Å²) in [5, 5.41) is 3.07. The van der Waals surface area contributed by atoms with Crippen LogP contribution in [0.15, 0.2) is 79.0 Å². The summed E-state index contributed by atoms with van der Waals surface area (Å²) in [6.45, 7) is 1.22. The molecule has 0 unspecified atom stereocenters. The van der Waals surface area contributed by atoms with Gasteiger partial charge >= 0.3 is 0 Å². The van der Waals surface area contributed by atoms with Gasteiger partial charge in [-0.2, -0.15) is 17.4 Å². The first-order valence-electron chi connectivity index (χ1n) is 11.5. The van der Waals surface area contributed by atoms with Crippen molar-refractivity contribution in [2.75, 3.05) is 26.7 Å². The number of pyridine rings is 1. The van der Waals surface area contributed by atoms with Gasteiger partial charge in [0.15, 0.2) is 0 Å². The summed E-state index contributed by atoms with van der Waals surface area (Å²) < 4.78 is 35.3. The van der Waals surface area contributed by atoms with Crippen LogP contribution in [-0.4, -0.2) is 50.4 Å². The van der Waals surface area contributed by atoms with Gasteiger partial charge in [-0.15, -0.1) is 0 Å². The van der Waals surface area contributed by atoms with Crippen molar-refractivity contribution in [3.8, 4) is 5.75 Å². The predicted octanol–water partition coefficient (Wildman–Crippen LogP) is 2.89. The van der Waals surface area contributed by atoms with E-state index in [2.05, 4.69) is 15.0 Å². The molecule has 0 radical (unpaired) electrons. The molecule has 0 aliphatic carbocycles. The van der Waals surface area contributed by atoms with E-state index in [1.165, 1.54) is 11.4 Å². The van der Waals surface area contributed by atoms with Crippen molar-refractivity contribution in [3.63, 3.8) is 0 Å². The van der Waals surface area contributed by atoms with Gasteiger partial charge in [0.2, 0.25) is 0 Å². The van der Waals surface area contributed by atoms with Gasteiger partial charge in [-0.05, 0) is 42.7 Å². The highest BCUT2D eigenvalue weighted by atomic mass is 32.2. The lowest BCUT2D eigenvalue weighted by Gasteiger charge is -2.41. The lowest BCUT2D eigenvalue weighted by atomic mass is 9.73. The number of benzene rings is 2. The fourth-order valence-electron chi connectivity index (χ4n) is 4.45. The van der Waals surface area contributed by atoms with Crippen molar-refractivity contribution in [2.45, 2.75) is 24.8 Å². The predicted molar refractivity (Wildman–Crippen MR) is 134 cm³/mol. The third-order valence-electron chi connectivity index (χ3n) is 6.51. The zero-order valence-corrected chi connectivity index (χ0v) is 20.5. The number of nitrogens with one attached hydrogen (secondary N) is 2. The molecule has 0 saturated carbocycles. The Morgan fingerprint density at radius 3 is 2.37 bits per heavy atom. The number of nitrogens with zero attached hydrogens (tertiary/aromatic N) is 2. The number of carbonyl (C=O) groups excluding carboxylic acids is 1. The Bertz CT molecular complexity index is 1230. The third-order valence-corrected chi connectivity index (χ3v) is 8.06. The highest BCUT2D eigenvalue weighted by molar-refractivity contribution is 7.87. The van der Waals surface area contributed by atoms with E-state index in [0.717, 1.165) is 5.56 Å². The number of ether oxygens (including phenoxy) is 1. The highest BCUT2D eigenvalue weighted by Crippen LogP contribution is 2.36. The van der Waals surface area contributed by atoms with E-state index in [1.54, 1.807) is 36.5 Å². The first-order valence-corrected chi connectivity index (χ1v) is 13.0. The number of hydrogen-bond donors (Lipinski definition) is 2. The normalized spacial score (nSPS) is 15.9. The van der Waals surface area contributed by atoms with E-state index in [-0.39, 0.29) is 17.9 Å². The minimum atomic E-state index is -3.66. The molecule has 2 aromatic carbocycles. The van der Waals surface area contributed by atoms with Crippen LogP contribution >= 0.6 is 0 Å². The molecule has 35 heavy (non-hydrogen) atoms. The van der Waals surface area contributed by atoms with Crippen LogP contribution in [0.5, 0.6) is 5.75 Å². The van der Waals surface area contributed by atoms with E-state index in [0.29, 0.717) is 49.5 Å². The van der Waals surface area contributed by atoms with Gasteiger partial charge < -0.3 is 10.1 Å². The standard InChI is InChI=1S/C26H30N4O4S/c1-34-24-13-6-5-12-23(24)25(31)28-20-26(21-9-3-2-4-10-21)14-17-30(18-15-26)35(32,33)29-19-22-11-7-8-16-27-22/h2-13,16,29H,14-15,17-20H2,1H3,(H,28,31). The number of methoxy groups -OCH3 is 1. The van der Waals surface area contributed by atoms with E-state index >= 15 is 0 Å². The molecule has 3 aromatic rings. The molecule has 1 aliphatic rings. The highest BCUT2D eigenvalue weighted by Gasteiger charge is 2.39. The number of rotatable bonds is 9. The largest absolute Gasteiger partial charge is 0.496 e. The Kier molecular flexibility index (Phi) is 7.80. The molecular formula is C26H30N4O4S. The van der Waals surface area contributed by atoms with E-state index in [4.69, 9.17) is 4.74 Å². The quantitative estimate of drug-likeness (QED) is 0.476. The summed E-state index contributed by atoms with van der Waals surface area (Å²) in [7, 11) is -2.12. The van der Waals surface area contributed by atoms with Crippen molar-refractivity contribution < 1.29 is 17.9 Å². The second-order valence-corrected chi connectivity index (χ2v) is 10.3. The summed E-state index contributed by atoms with van der Waals surface area (Å²) in [5.74, 6) is 0.295. The Hall–Kier alpha value is -3.27. The average Bonchev–Trinajstić information content (AvgIpc) is 2.92. The minimum Gasteiger partial charge on any atom is -0.496 e. The van der Waals surface area contributed by atoms with Gasteiger partial charge in [-0.1, -0.05) is 48.5 Å². The number of carbonyl (C=O) groups is 1. The molecule has 0 bridgehead atoms. The third kappa shape index (κ3) is 5.87. The molecule has 8 nitrogen and oxygen atoms in total. The van der Waals surface area contributed by atoms with Crippen LogP contribution in [0, 0.1) is 0 Å². The van der Waals surface area contributed by atoms with Crippen molar-refractivity contribution in [2.24, 2.45) is 0 Å². The number of amides is 1. The van der Waals surface area contributed by atoms with Gasteiger partial charge in [0, 0.05) is 31.2 Å². The van der Waals surface area contributed by atoms with Crippen molar-refractivity contribution in [1.29, 1.82) is 0 Å². The zero-order valence-electron chi connectivity index (χ0n) is 19.7. The van der Waals surface area contributed by atoms with E-state index in [9.17, 15) is 13.2 Å². The SMILES string of the molecule is COc1ccccc1C(=O)NCC1(c2ccccc2)CCN(S(=O)(=O)NCc2ccccn2)CC1. The number of aromatic nitrogens is 1. The molecule has 1 saturated heterocycles. The number of hydrogen-bond acceptors (Lipinski definition) is 5. The van der Waals surface area contributed by atoms with Gasteiger partial charge in [0.25, 0.3) is 16.1 Å². The molecule has 1 aromatic heterocycles. The Morgan fingerprint density at radius 2 is 1.69 bits per heavy atom. The van der Waals surface area contributed by atoms with Gasteiger partial charge in [0.05, 0.1) is 24.9 Å². The lowest BCUT2D eigenvalue weighted by Crippen LogP contribution is -2.52. The van der Waals surface area contributed by atoms with Crippen LogP contribution in [0.25, 0.3) is 0 Å². The summed E-state index contributed by atoms with van der Waals surface area (Å²) >= 11 is 0. The van der Waals surface area contributed by atoms with Crippen LogP contribution in [0.1, 0.15) is 34.5 Å². The molecule has 184 valence electrons.